The first-order chi connectivity index (χ1) is 12.2. The Morgan fingerprint density at radius 1 is 1.24 bits per heavy atom. The van der Waals surface area contributed by atoms with Crippen molar-refractivity contribution in [3.05, 3.63) is 88.0 Å². The maximum atomic E-state index is 12.3. The largest absolute Gasteiger partial charge is 0.384 e. The second-order valence-electron chi connectivity index (χ2n) is 6.23. The number of benzene rings is 1. The van der Waals surface area contributed by atoms with Gasteiger partial charge < -0.3 is 15.6 Å². The highest BCUT2D eigenvalue weighted by Crippen LogP contribution is 2.35. The summed E-state index contributed by atoms with van der Waals surface area (Å²) in [4.78, 5) is 15.4. The minimum Gasteiger partial charge on any atom is -0.384 e. The molecule has 2 aliphatic rings. The van der Waals surface area contributed by atoms with Crippen LogP contribution in [0.25, 0.3) is 6.08 Å². The average molecular weight is 352 g/mol. The molecule has 2 heterocycles. The van der Waals surface area contributed by atoms with E-state index < -0.39 is 0 Å². The molecule has 1 unspecified atom stereocenters. The van der Waals surface area contributed by atoms with E-state index in [9.17, 15) is 4.79 Å². The molecular formula is C20H18ClN3O. The Bertz CT molecular complexity index is 893. The van der Waals surface area contributed by atoms with Gasteiger partial charge in [0.05, 0.1) is 0 Å². The zero-order chi connectivity index (χ0) is 17.2. The monoisotopic (exact) mass is 351 g/mol. The third kappa shape index (κ3) is 3.39. The van der Waals surface area contributed by atoms with Crippen molar-refractivity contribution in [3.63, 3.8) is 0 Å². The van der Waals surface area contributed by atoms with Crippen LogP contribution < -0.4 is 10.6 Å². The van der Waals surface area contributed by atoms with Crippen molar-refractivity contribution < 1.29 is 4.79 Å². The summed E-state index contributed by atoms with van der Waals surface area (Å²) >= 11 is 6.03. The summed E-state index contributed by atoms with van der Waals surface area (Å²) in [7, 11) is 0. The van der Waals surface area contributed by atoms with Gasteiger partial charge in [0.15, 0.2) is 0 Å². The van der Waals surface area contributed by atoms with E-state index in [0.717, 1.165) is 39.7 Å². The number of aromatic nitrogens is 1. The standard InChI is InChI=1S/C20H18ClN3O/c21-14-4-1-3-13(9-14)12-23-16-6-7-19-17(10-16)18(20(25)24-19)11-15-5-2-8-22-15/h1-9,11,17,22-23H,10,12H2,(H,24,25)/b18-11-. The van der Waals surface area contributed by atoms with Gasteiger partial charge in [-0.25, -0.2) is 0 Å². The first-order valence-corrected chi connectivity index (χ1v) is 8.62. The third-order valence-corrected chi connectivity index (χ3v) is 4.74. The summed E-state index contributed by atoms with van der Waals surface area (Å²) in [6, 6.07) is 11.7. The van der Waals surface area contributed by atoms with Crippen molar-refractivity contribution in [1.29, 1.82) is 0 Å². The lowest BCUT2D eigenvalue weighted by molar-refractivity contribution is -0.115. The summed E-state index contributed by atoms with van der Waals surface area (Å²) in [5.74, 6) is 0.0537. The number of aromatic amines is 1. The van der Waals surface area contributed by atoms with Crippen molar-refractivity contribution in [3.8, 4) is 0 Å². The lowest BCUT2D eigenvalue weighted by Crippen LogP contribution is -2.19. The molecule has 1 aliphatic heterocycles. The van der Waals surface area contributed by atoms with Crippen LogP contribution in [-0.2, 0) is 11.3 Å². The summed E-state index contributed by atoms with van der Waals surface area (Å²) < 4.78 is 0. The van der Waals surface area contributed by atoms with Crippen LogP contribution in [0.1, 0.15) is 17.7 Å². The number of rotatable bonds is 4. The predicted octanol–water partition coefficient (Wildman–Crippen LogP) is 3.76. The number of allylic oxidation sites excluding steroid dienone is 4. The quantitative estimate of drug-likeness (QED) is 0.735. The lowest BCUT2D eigenvalue weighted by atomic mass is 9.90. The number of fused-ring (bicyclic) bond motifs is 1. The number of amides is 1. The minimum atomic E-state index is -0.0182. The fourth-order valence-corrected chi connectivity index (χ4v) is 3.45. The SMILES string of the molecule is O=C1NC2=CC=C(NCc3cccc(Cl)c3)CC2/C1=C/c1ccc[nH]1. The van der Waals surface area contributed by atoms with Gasteiger partial charge in [0.1, 0.15) is 0 Å². The number of nitrogens with one attached hydrogen (secondary N) is 3. The lowest BCUT2D eigenvalue weighted by Gasteiger charge is -2.20. The molecule has 0 spiro atoms. The summed E-state index contributed by atoms with van der Waals surface area (Å²) in [5, 5.41) is 7.16. The van der Waals surface area contributed by atoms with Crippen molar-refractivity contribution in [1.82, 2.24) is 15.6 Å². The van der Waals surface area contributed by atoms with E-state index in [1.807, 2.05) is 60.8 Å². The fraction of sp³-hybridized carbons (Fsp3) is 0.150. The maximum absolute atomic E-state index is 12.3. The van der Waals surface area contributed by atoms with E-state index in [0.29, 0.717) is 6.54 Å². The molecule has 1 saturated heterocycles. The van der Waals surface area contributed by atoms with E-state index in [2.05, 4.69) is 15.6 Å². The Kier molecular flexibility index (Phi) is 4.20. The van der Waals surface area contributed by atoms with Crippen molar-refractivity contribution >= 4 is 23.6 Å². The van der Waals surface area contributed by atoms with Crippen molar-refractivity contribution in [2.24, 2.45) is 5.92 Å². The summed E-state index contributed by atoms with van der Waals surface area (Å²) in [6.45, 7) is 0.708. The van der Waals surface area contributed by atoms with E-state index in [-0.39, 0.29) is 11.8 Å². The van der Waals surface area contributed by atoms with Gasteiger partial charge in [-0.15, -0.1) is 0 Å². The predicted molar refractivity (Wildman–Crippen MR) is 99.5 cm³/mol. The molecule has 1 aromatic heterocycles. The van der Waals surface area contributed by atoms with Crippen LogP contribution in [0.15, 0.2) is 71.7 Å². The number of halogens is 1. The van der Waals surface area contributed by atoms with E-state index in [4.69, 9.17) is 11.6 Å². The van der Waals surface area contributed by atoms with Gasteiger partial charge in [-0.1, -0.05) is 23.7 Å². The second-order valence-corrected chi connectivity index (χ2v) is 6.67. The fourth-order valence-electron chi connectivity index (χ4n) is 3.23. The Hall–Kier alpha value is -2.72. The Morgan fingerprint density at radius 2 is 2.16 bits per heavy atom. The maximum Gasteiger partial charge on any atom is 0.252 e. The first kappa shape index (κ1) is 15.8. The number of H-pyrrole nitrogens is 1. The summed E-state index contributed by atoms with van der Waals surface area (Å²) in [5.41, 5.74) is 4.95. The smallest absolute Gasteiger partial charge is 0.252 e. The Morgan fingerprint density at radius 3 is 2.96 bits per heavy atom. The van der Waals surface area contributed by atoms with Gasteiger partial charge in [0.25, 0.3) is 5.91 Å². The van der Waals surface area contributed by atoms with Gasteiger partial charge in [-0.2, -0.15) is 0 Å². The summed E-state index contributed by atoms with van der Waals surface area (Å²) in [6.07, 6.45) is 8.59. The Labute approximate surface area is 151 Å². The van der Waals surface area contributed by atoms with Crippen LogP contribution >= 0.6 is 11.6 Å². The molecule has 3 N–H and O–H groups in total. The third-order valence-electron chi connectivity index (χ3n) is 4.50. The van der Waals surface area contributed by atoms with Crippen molar-refractivity contribution in [2.45, 2.75) is 13.0 Å². The zero-order valence-electron chi connectivity index (χ0n) is 13.6. The van der Waals surface area contributed by atoms with Crippen LogP contribution in [0.5, 0.6) is 0 Å². The molecule has 4 rings (SSSR count). The number of carbonyl (C=O) groups excluding carboxylic acids is 1. The topological polar surface area (TPSA) is 56.9 Å². The molecule has 126 valence electrons. The molecule has 1 amide bonds. The molecule has 1 aliphatic carbocycles. The molecular weight excluding hydrogens is 334 g/mol. The first-order valence-electron chi connectivity index (χ1n) is 8.24. The van der Waals surface area contributed by atoms with Crippen LogP contribution in [0, 0.1) is 5.92 Å². The molecule has 0 radical (unpaired) electrons. The van der Waals surface area contributed by atoms with Gasteiger partial charge in [-0.3, -0.25) is 4.79 Å². The number of hydrogen-bond acceptors (Lipinski definition) is 2. The van der Waals surface area contributed by atoms with Crippen LogP contribution in [-0.4, -0.2) is 10.9 Å². The van der Waals surface area contributed by atoms with Crippen LogP contribution in [0.3, 0.4) is 0 Å². The zero-order valence-corrected chi connectivity index (χ0v) is 14.3. The molecule has 4 nitrogen and oxygen atoms in total. The number of carbonyl (C=O) groups is 1. The van der Waals surface area contributed by atoms with Gasteiger partial charge >= 0.3 is 0 Å². The molecule has 1 aromatic carbocycles. The molecule has 5 heteroatoms. The van der Waals surface area contributed by atoms with Gasteiger partial charge in [0.2, 0.25) is 0 Å². The molecule has 1 atom stereocenters. The number of hydrogen-bond donors (Lipinski definition) is 3. The molecule has 1 fully saturated rings. The van der Waals surface area contributed by atoms with E-state index in [1.165, 1.54) is 0 Å². The highest BCUT2D eigenvalue weighted by Gasteiger charge is 2.34. The molecule has 25 heavy (non-hydrogen) atoms. The Balaban J connectivity index is 1.49. The normalized spacial score (nSPS) is 20.8. The van der Waals surface area contributed by atoms with Crippen molar-refractivity contribution in [2.75, 3.05) is 0 Å². The van der Waals surface area contributed by atoms with Gasteiger partial charge in [0, 0.05) is 46.3 Å². The molecule has 0 bridgehead atoms. The molecule has 0 saturated carbocycles. The van der Waals surface area contributed by atoms with Gasteiger partial charge in [-0.05, 0) is 54.5 Å². The highest BCUT2D eigenvalue weighted by molar-refractivity contribution is 6.30. The van der Waals surface area contributed by atoms with E-state index >= 15 is 0 Å². The second kappa shape index (κ2) is 6.65. The molecule has 2 aromatic rings. The van der Waals surface area contributed by atoms with E-state index in [1.54, 1.807) is 0 Å². The minimum absolute atomic E-state index is 0.0182. The van der Waals surface area contributed by atoms with Crippen LogP contribution in [0.2, 0.25) is 5.02 Å². The highest BCUT2D eigenvalue weighted by atomic mass is 35.5. The van der Waals surface area contributed by atoms with Crippen LogP contribution in [0.4, 0.5) is 0 Å². The average Bonchev–Trinajstić information content (AvgIpc) is 3.22.